The first kappa shape index (κ1) is 27.8. The van der Waals surface area contributed by atoms with Crippen LogP contribution in [0.2, 0.25) is 0 Å². The van der Waals surface area contributed by atoms with E-state index in [1.807, 2.05) is 39.8 Å². The molecule has 0 bridgehead atoms. The number of amides is 1. The number of nitrogens with zero attached hydrogens (tertiary/aromatic N) is 8. The lowest BCUT2D eigenvalue weighted by Gasteiger charge is -2.34. The summed E-state index contributed by atoms with van der Waals surface area (Å²) in [5.41, 5.74) is 1.52. The van der Waals surface area contributed by atoms with Crippen molar-refractivity contribution in [3.05, 3.63) is 65.6 Å². The van der Waals surface area contributed by atoms with Gasteiger partial charge in [-0.05, 0) is 65.1 Å². The standard InChI is InChI=1S/C28H37N9O2/c1-7-9-24(32-36(20-38)28(3,4)5)37-25-23(26(39)35(37)14-8-2)19-29-27(31-25)30-21-10-12-22(13-11-21)34-17-15-33(6)16-18-34/h7-13,19-20H,2,14-18H2,1,3-6H3,(H,29,30,31)/b9-7-,32-24+. The summed E-state index contributed by atoms with van der Waals surface area (Å²) < 4.78 is 3.08. The van der Waals surface area contributed by atoms with Crippen LogP contribution in [-0.2, 0) is 11.3 Å². The van der Waals surface area contributed by atoms with E-state index in [1.165, 1.54) is 21.6 Å². The number of carbonyl (C=O) groups is 1. The van der Waals surface area contributed by atoms with Crippen LogP contribution in [0.25, 0.3) is 11.0 Å². The van der Waals surface area contributed by atoms with Gasteiger partial charge in [0, 0.05) is 43.8 Å². The van der Waals surface area contributed by atoms with Gasteiger partial charge in [-0.15, -0.1) is 11.7 Å². The maximum atomic E-state index is 13.3. The molecule has 11 nitrogen and oxygen atoms in total. The number of carbonyl (C=O) groups excluding carboxylic acids is 1. The highest BCUT2D eigenvalue weighted by molar-refractivity contribution is 5.99. The van der Waals surface area contributed by atoms with Gasteiger partial charge in [-0.2, -0.15) is 4.98 Å². The molecule has 1 fully saturated rings. The van der Waals surface area contributed by atoms with Gasteiger partial charge in [-0.1, -0.05) is 12.2 Å². The first-order valence-electron chi connectivity index (χ1n) is 13.0. The Kier molecular flexibility index (Phi) is 8.29. The molecule has 1 N–H and O–H groups in total. The maximum absolute atomic E-state index is 13.3. The Morgan fingerprint density at radius 3 is 2.46 bits per heavy atom. The molecule has 4 rings (SSSR count). The summed E-state index contributed by atoms with van der Waals surface area (Å²) in [7, 11) is 2.14. The van der Waals surface area contributed by atoms with Gasteiger partial charge in [0.15, 0.2) is 11.5 Å². The molecule has 0 radical (unpaired) electrons. The fraction of sp³-hybridized carbons (Fsp3) is 0.393. The van der Waals surface area contributed by atoms with Gasteiger partial charge in [-0.25, -0.2) is 19.4 Å². The van der Waals surface area contributed by atoms with Crippen LogP contribution in [0.5, 0.6) is 0 Å². The Labute approximate surface area is 228 Å². The van der Waals surface area contributed by atoms with Crippen LogP contribution >= 0.6 is 0 Å². The first-order chi connectivity index (χ1) is 18.7. The third-order valence-electron chi connectivity index (χ3n) is 6.50. The maximum Gasteiger partial charge on any atom is 0.278 e. The van der Waals surface area contributed by atoms with E-state index in [-0.39, 0.29) is 12.1 Å². The van der Waals surface area contributed by atoms with Crippen LogP contribution in [0.3, 0.4) is 0 Å². The van der Waals surface area contributed by atoms with Gasteiger partial charge in [0.1, 0.15) is 5.39 Å². The summed E-state index contributed by atoms with van der Waals surface area (Å²) in [6, 6.07) is 8.16. The highest BCUT2D eigenvalue weighted by Crippen LogP contribution is 2.22. The molecule has 3 aromatic rings. The number of aromatic nitrogens is 4. The lowest BCUT2D eigenvalue weighted by atomic mass is 10.1. The first-order valence-corrected chi connectivity index (χ1v) is 13.0. The number of hydrogen-bond donors (Lipinski definition) is 1. The average molecular weight is 532 g/mol. The molecular weight excluding hydrogens is 494 g/mol. The second kappa shape index (κ2) is 11.6. The van der Waals surface area contributed by atoms with E-state index < -0.39 is 5.54 Å². The number of nitrogens with one attached hydrogen (secondary N) is 1. The third-order valence-corrected chi connectivity index (χ3v) is 6.50. The van der Waals surface area contributed by atoms with Crippen molar-refractivity contribution in [2.75, 3.05) is 43.4 Å². The molecule has 39 heavy (non-hydrogen) atoms. The number of hydrazone groups is 1. The molecule has 0 saturated carbocycles. The fourth-order valence-corrected chi connectivity index (χ4v) is 4.30. The lowest BCUT2D eigenvalue weighted by molar-refractivity contribution is -0.122. The zero-order valence-electron chi connectivity index (χ0n) is 23.3. The molecule has 1 aliphatic rings. The summed E-state index contributed by atoms with van der Waals surface area (Å²) in [6.45, 7) is 15.6. The highest BCUT2D eigenvalue weighted by atomic mass is 16.1. The second-order valence-electron chi connectivity index (χ2n) is 10.5. The summed E-state index contributed by atoms with van der Waals surface area (Å²) in [5.74, 6) is 0.692. The van der Waals surface area contributed by atoms with E-state index in [1.54, 1.807) is 22.9 Å². The minimum Gasteiger partial charge on any atom is -0.369 e. The molecule has 0 unspecified atom stereocenters. The number of allylic oxidation sites excluding steroid dienone is 3. The van der Waals surface area contributed by atoms with Gasteiger partial charge in [0.05, 0.1) is 12.1 Å². The van der Waals surface area contributed by atoms with E-state index in [0.29, 0.717) is 29.2 Å². The van der Waals surface area contributed by atoms with Crippen LogP contribution in [0.4, 0.5) is 17.3 Å². The average Bonchev–Trinajstić information content (AvgIpc) is 3.17. The van der Waals surface area contributed by atoms with Crippen molar-refractivity contribution in [2.45, 2.75) is 39.8 Å². The molecule has 11 heteroatoms. The number of likely N-dealkylation sites (N-methyl/N-ethyl adjacent to an activating group) is 1. The minimum absolute atomic E-state index is 0.221. The van der Waals surface area contributed by atoms with Gasteiger partial charge in [0.2, 0.25) is 12.4 Å². The van der Waals surface area contributed by atoms with Crippen molar-refractivity contribution >= 4 is 40.6 Å². The monoisotopic (exact) mass is 531 g/mol. The quantitative estimate of drug-likeness (QED) is 0.156. The van der Waals surface area contributed by atoms with Crippen LogP contribution in [0, 0.1) is 0 Å². The number of anilines is 3. The van der Waals surface area contributed by atoms with Crippen LogP contribution < -0.4 is 15.8 Å². The molecule has 0 spiro atoms. The third kappa shape index (κ3) is 6.09. The lowest BCUT2D eigenvalue weighted by Crippen LogP contribution is -2.44. The van der Waals surface area contributed by atoms with Gasteiger partial charge in [-0.3, -0.25) is 9.59 Å². The molecule has 1 aromatic carbocycles. The molecule has 206 valence electrons. The minimum atomic E-state index is -0.570. The number of hydrogen-bond acceptors (Lipinski definition) is 8. The molecule has 1 amide bonds. The van der Waals surface area contributed by atoms with E-state index in [4.69, 9.17) is 4.98 Å². The Morgan fingerprint density at radius 1 is 1.18 bits per heavy atom. The molecule has 1 aliphatic heterocycles. The highest BCUT2D eigenvalue weighted by Gasteiger charge is 2.23. The Balaban J connectivity index is 1.73. The Morgan fingerprint density at radius 2 is 1.87 bits per heavy atom. The SMILES string of the molecule is C=CCn1c(=O)c2cnc(Nc3ccc(N4CCN(C)CC4)cc3)nc2n1C(/C=C\C)=N/N(C=O)C(C)(C)C. The molecule has 1 saturated heterocycles. The van der Waals surface area contributed by atoms with E-state index in [0.717, 1.165) is 31.9 Å². The molecule has 2 aromatic heterocycles. The number of piperazine rings is 1. The fourth-order valence-electron chi connectivity index (χ4n) is 4.30. The zero-order chi connectivity index (χ0) is 28.2. The van der Waals surface area contributed by atoms with Crippen molar-refractivity contribution in [1.82, 2.24) is 29.2 Å². The smallest absolute Gasteiger partial charge is 0.278 e. The summed E-state index contributed by atoms with van der Waals surface area (Å²) in [4.78, 5) is 39.0. The Bertz CT molecular complexity index is 1440. The van der Waals surface area contributed by atoms with Gasteiger partial charge < -0.3 is 15.1 Å². The number of rotatable bonds is 8. The van der Waals surface area contributed by atoms with Gasteiger partial charge >= 0.3 is 0 Å². The number of fused-ring (bicyclic) bond motifs is 1. The molecule has 0 atom stereocenters. The summed E-state index contributed by atoms with van der Waals surface area (Å²) in [5, 5.41) is 9.48. The predicted molar refractivity (Wildman–Crippen MR) is 157 cm³/mol. The Hall–Kier alpha value is -4.25. The molecular formula is C28H37N9O2. The normalized spacial score (nSPS) is 15.2. The van der Waals surface area contributed by atoms with Crippen molar-refractivity contribution in [3.8, 4) is 0 Å². The van der Waals surface area contributed by atoms with Crippen molar-refractivity contribution < 1.29 is 4.79 Å². The molecule has 3 heterocycles. The van der Waals surface area contributed by atoms with E-state index >= 15 is 0 Å². The largest absolute Gasteiger partial charge is 0.369 e. The second-order valence-corrected chi connectivity index (χ2v) is 10.5. The van der Waals surface area contributed by atoms with Crippen LogP contribution in [0.15, 0.2) is 65.2 Å². The number of benzene rings is 1. The van der Waals surface area contributed by atoms with Crippen molar-refractivity contribution in [3.63, 3.8) is 0 Å². The van der Waals surface area contributed by atoms with Crippen molar-refractivity contribution in [2.24, 2.45) is 5.10 Å². The van der Waals surface area contributed by atoms with Crippen LogP contribution in [0.1, 0.15) is 27.7 Å². The summed E-state index contributed by atoms with van der Waals surface area (Å²) in [6.07, 6.45) is 7.32. The van der Waals surface area contributed by atoms with Crippen LogP contribution in [-0.4, -0.2) is 80.3 Å². The van der Waals surface area contributed by atoms with E-state index in [2.05, 4.69) is 51.0 Å². The van der Waals surface area contributed by atoms with Gasteiger partial charge in [0.25, 0.3) is 5.56 Å². The predicted octanol–water partition coefficient (Wildman–Crippen LogP) is 3.27. The molecule has 0 aliphatic carbocycles. The zero-order valence-corrected chi connectivity index (χ0v) is 23.3. The van der Waals surface area contributed by atoms with Crippen molar-refractivity contribution in [1.29, 1.82) is 0 Å². The van der Waals surface area contributed by atoms with E-state index in [9.17, 15) is 9.59 Å². The topological polar surface area (TPSA) is 104 Å². The summed E-state index contributed by atoms with van der Waals surface area (Å²) >= 11 is 0.